The first-order chi connectivity index (χ1) is 9.05. The van der Waals surface area contributed by atoms with Crippen molar-refractivity contribution in [1.82, 2.24) is 9.47 Å². The predicted molar refractivity (Wildman–Crippen MR) is 78.1 cm³/mol. The monoisotopic (exact) mass is 258 g/mol. The van der Waals surface area contributed by atoms with Gasteiger partial charge < -0.3 is 9.67 Å². The Morgan fingerprint density at radius 2 is 1.89 bits per heavy atom. The van der Waals surface area contributed by atoms with Crippen LogP contribution in [0.2, 0.25) is 0 Å². The van der Waals surface area contributed by atoms with Gasteiger partial charge in [-0.05, 0) is 37.3 Å². The smallest absolute Gasteiger partial charge is 0.0644 e. The summed E-state index contributed by atoms with van der Waals surface area (Å²) >= 11 is 0. The minimum Gasteiger partial charge on any atom is -0.390 e. The van der Waals surface area contributed by atoms with Gasteiger partial charge in [0.2, 0.25) is 0 Å². The zero-order valence-electron chi connectivity index (χ0n) is 11.8. The van der Waals surface area contributed by atoms with Crippen LogP contribution in [-0.4, -0.2) is 33.3 Å². The molecule has 1 fully saturated rings. The molecule has 1 aliphatic rings. The molecule has 2 heterocycles. The molecule has 1 aromatic heterocycles. The van der Waals surface area contributed by atoms with Gasteiger partial charge in [-0.15, -0.1) is 0 Å². The van der Waals surface area contributed by atoms with Crippen molar-refractivity contribution in [3.05, 3.63) is 36.0 Å². The molecule has 0 spiro atoms. The van der Waals surface area contributed by atoms with E-state index >= 15 is 0 Å². The third-order valence-electron chi connectivity index (χ3n) is 4.37. The Kier molecular flexibility index (Phi) is 3.11. The lowest BCUT2D eigenvalue weighted by Gasteiger charge is -2.35. The van der Waals surface area contributed by atoms with Crippen LogP contribution in [0, 0.1) is 0 Å². The highest BCUT2D eigenvalue weighted by Gasteiger charge is 2.27. The average molecular weight is 258 g/mol. The molecule has 0 unspecified atom stereocenters. The van der Waals surface area contributed by atoms with E-state index in [2.05, 4.69) is 46.8 Å². The second-order valence-electron chi connectivity index (χ2n) is 6.03. The van der Waals surface area contributed by atoms with Gasteiger partial charge in [-0.1, -0.05) is 18.2 Å². The fraction of sp³-hybridized carbons (Fsp3) is 0.500. The van der Waals surface area contributed by atoms with Crippen molar-refractivity contribution in [1.29, 1.82) is 0 Å². The fourth-order valence-electron chi connectivity index (χ4n) is 2.92. The summed E-state index contributed by atoms with van der Waals surface area (Å²) in [4.78, 5) is 2.44. The molecular weight excluding hydrogens is 236 g/mol. The van der Waals surface area contributed by atoms with E-state index in [0.717, 1.165) is 32.5 Å². The van der Waals surface area contributed by atoms with E-state index in [1.807, 2.05) is 6.92 Å². The van der Waals surface area contributed by atoms with Crippen LogP contribution in [-0.2, 0) is 13.6 Å². The summed E-state index contributed by atoms with van der Waals surface area (Å²) in [6, 6.07) is 10.8. The number of aromatic nitrogens is 1. The Balaban J connectivity index is 1.77. The minimum atomic E-state index is -0.463. The lowest BCUT2D eigenvalue weighted by molar-refractivity contribution is -0.00771. The van der Waals surface area contributed by atoms with E-state index in [4.69, 9.17) is 0 Å². The van der Waals surface area contributed by atoms with Crippen molar-refractivity contribution in [3.63, 3.8) is 0 Å². The van der Waals surface area contributed by atoms with Gasteiger partial charge in [0.25, 0.3) is 0 Å². The summed E-state index contributed by atoms with van der Waals surface area (Å²) in [6.45, 7) is 4.88. The average Bonchev–Trinajstić information content (AvgIpc) is 2.70. The fourth-order valence-corrected chi connectivity index (χ4v) is 2.92. The molecule has 0 atom stereocenters. The van der Waals surface area contributed by atoms with Gasteiger partial charge in [-0.2, -0.15) is 0 Å². The first-order valence-electron chi connectivity index (χ1n) is 7.03. The maximum absolute atomic E-state index is 10.00. The zero-order valence-corrected chi connectivity index (χ0v) is 11.8. The van der Waals surface area contributed by atoms with E-state index < -0.39 is 5.60 Å². The first-order valence-corrected chi connectivity index (χ1v) is 7.03. The second-order valence-corrected chi connectivity index (χ2v) is 6.03. The molecule has 3 heteroatoms. The molecule has 0 radical (unpaired) electrons. The van der Waals surface area contributed by atoms with Gasteiger partial charge in [-0.25, -0.2) is 0 Å². The molecule has 0 amide bonds. The maximum atomic E-state index is 10.00. The number of nitrogens with zero attached hydrogens (tertiary/aromatic N) is 2. The Morgan fingerprint density at radius 1 is 1.21 bits per heavy atom. The quantitative estimate of drug-likeness (QED) is 0.896. The Morgan fingerprint density at radius 3 is 2.58 bits per heavy atom. The van der Waals surface area contributed by atoms with Crippen molar-refractivity contribution >= 4 is 10.9 Å². The number of likely N-dealkylation sites (tertiary alicyclic amines) is 1. The Hall–Kier alpha value is -1.32. The van der Waals surface area contributed by atoms with Gasteiger partial charge in [-0.3, -0.25) is 4.90 Å². The summed E-state index contributed by atoms with van der Waals surface area (Å²) in [7, 11) is 2.14. The zero-order chi connectivity index (χ0) is 13.5. The topological polar surface area (TPSA) is 28.4 Å². The Bertz CT molecular complexity index is 575. The van der Waals surface area contributed by atoms with Gasteiger partial charge in [0.1, 0.15) is 0 Å². The molecule has 1 saturated heterocycles. The number of hydrogen-bond acceptors (Lipinski definition) is 2. The van der Waals surface area contributed by atoms with Crippen molar-refractivity contribution < 1.29 is 5.11 Å². The number of piperidine rings is 1. The highest BCUT2D eigenvalue weighted by atomic mass is 16.3. The van der Waals surface area contributed by atoms with Crippen molar-refractivity contribution in [2.45, 2.75) is 31.9 Å². The number of hydrogen-bond donors (Lipinski definition) is 1. The third kappa shape index (κ3) is 2.53. The van der Waals surface area contributed by atoms with Gasteiger partial charge in [0, 0.05) is 37.9 Å². The van der Waals surface area contributed by atoms with Crippen molar-refractivity contribution in [3.8, 4) is 0 Å². The molecule has 1 aromatic carbocycles. The summed E-state index contributed by atoms with van der Waals surface area (Å²) in [5.41, 5.74) is 2.18. The van der Waals surface area contributed by atoms with Crippen LogP contribution in [0.25, 0.3) is 10.9 Å². The number of fused-ring (bicyclic) bond motifs is 1. The lowest BCUT2D eigenvalue weighted by atomic mass is 9.94. The summed E-state index contributed by atoms with van der Waals surface area (Å²) in [6.07, 6.45) is 1.74. The van der Waals surface area contributed by atoms with E-state index in [0.29, 0.717) is 0 Å². The lowest BCUT2D eigenvalue weighted by Crippen LogP contribution is -2.42. The van der Waals surface area contributed by atoms with Gasteiger partial charge in [0.15, 0.2) is 0 Å². The normalized spacial score (nSPS) is 19.9. The number of benzene rings is 1. The molecule has 0 saturated carbocycles. The van der Waals surface area contributed by atoms with Crippen molar-refractivity contribution in [2.24, 2.45) is 7.05 Å². The molecule has 102 valence electrons. The molecule has 1 aliphatic heterocycles. The van der Waals surface area contributed by atoms with E-state index in [1.54, 1.807) is 0 Å². The van der Waals surface area contributed by atoms with Crippen LogP contribution in [0.1, 0.15) is 25.5 Å². The standard InChI is InChI=1S/C16H22N2O/c1-16(19)7-9-18(10-8-16)12-14-11-13-5-3-4-6-15(13)17(14)2/h3-6,11,19H,7-10,12H2,1-2H3. The van der Waals surface area contributed by atoms with E-state index in [-0.39, 0.29) is 0 Å². The highest BCUT2D eigenvalue weighted by Crippen LogP contribution is 2.24. The predicted octanol–water partition coefficient (Wildman–Crippen LogP) is 2.53. The first kappa shape index (κ1) is 12.7. The van der Waals surface area contributed by atoms with Gasteiger partial charge in [0.05, 0.1) is 5.60 Å². The number of aryl methyl sites for hydroxylation is 1. The number of para-hydroxylation sites is 1. The minimum absolute atomic E-state index is 0.463. The van der Waals surface area contributed by atoms with Crippen molar-refractivity contribution in [2.75, 3.05) is 13.1 Å². The van der Waals surface area contributed by atoms with Crippen LogP contribution in [0.5, 0.6) is 0 Å². The third-order valence-corrected chi connectivity index (χ3v) is 4.37. The van der Waals surface area contributed by atoms with Crippen LogP contribution < -0.4 is 0 Å². The number of rotatable bonds is 2. The molecular formula is C16H22N2O. The summed E-state index contributed by atoms with van der Waals surface area (Å²) in [5, 5.41) is 11.3. The van der Waals surface area contributed by atoms with E-state index in [9.17, 15) is 5.11 Å². The molecule has 0 aliphatic carbocycles. The van der Waals surface area contributed by atoms with Crippen LogP contribution in [0.3, 0.4) is 0 Å². The second kappa shape index (κ2) is 4.66. The molecule has 3 rings (SSSR count). The maximum Gasteiger partial charge on any atom is 0.0644 e. The largest absolute Gasteiger partial charge is 0.390 e. The molecule has 19 heavy (non-hydrogen) atoms. The van der Waals surface area contributed by atoms with Crippen LogP contribution in [0.15, 0.2) is 30.3 Å². The SMILES string of the molecule is Cn1c(CN2CCC(C)(O)CC2)cc2ccccc21. The molecule has 2 aromatic rings. The summed E-state index contributed by atoms with van der Waals surface area (Å²) < 4.78 is 2.28. The molecule has 0 bridgehead atoms. The molecule has 1 N–H and O–H groups in total. The van der Waals surface area contributed by atoms with Crippen LogP contribution >= 0.6 is 0 Å². The Labute approximate surface area is 114 Å². The summed E-state index contributed by atoms with van der Waals surface area (Å²) in [5.74, 6) is 0. The van der Waals surface area contributed by atoms with E-state index in [1.165, 1.54) is 16.6 Å². The van der Waals surface area contributed by atoms with Gasteiger partial charge >= 0.3 is 0 Å². The molecule has 3 nitrogen and oxygen atoms in total. The number of aliphatic hydroxyl groups is 1. The highest BCUT2D eigenvalue weighted by molar-refractivity contribution is 5.81. The van der Waals surface area contributed by atoms with Crippen LogP contribution in [0.4, 0.5) is 0 Å².